The summed E-state index contributed by atoms with van der Waals surface area (Å²) in [5.74, 6) is 0.0848. The number of likely N-dealkylation sites (tertiary alicyclic amines) is 1. The van der Waals surface area contributed by atoms with Crippen molar-refractivity contribution in [2.45, 2.75) is 32.4 Å². The van der Waals surface area contributed by atoms with E-state index in [0.29, 0.717) is 17.9 Å². The van der Waals surface area contributed by atoms with Gasteiger partial charge in [-0.2, -0.15) is 9.59 Å². The van der Waals surface area contributed by atoms with Crippen LogP contribution < -0.4 is 0 Å². The van der Waals surface area contributed by atoms with E-state index >= 15 is 0 Å². The highest BCUT2D eigenvalue weighted by Crippen LogP contribution is 2.35. The quantitative estimate of drug-likeness (QED) is 0.738. The number of hydrogen-bond acceptors (Lipinski definition) is 3. The second-order valence-corrected chi connectivity index (χ2v) is 7.59. The molecule has 5 nitrogen and oxygen atoms in total. The molecule has 142 valence electrons. The van der Waals surface area contributed by atoms with Gasteiger partial charge in [-0.05, 0) is 36.6 Å². The standard InChI is InChI=1S/C21H22ClNO4/c1-15-11-18(12-16-7-9-19(22)10-8-16)13-23(15,20(24)25)21(26)27-14-17-5-3-2-4-6-17/h2-10,15,18H,11-14H2,1H3/p+1/t15-,18+,23+/m1/s1. The Morgan fingerprint density at radius 1 is 1.11 bits per heavy atom. The molecule has 1 aliphatic rings. The summed E-state index contributed by atoms with van der Waals surface area (Å²) in [5, 5.41) is 10.5. The maximum absolute atomic E-state index is 12.8. The number of amides is 2. The van der Waals surface area contributed by atoms with Gasteiger partial charge in [-0.1, -0.05) is 54.1 Å². The average Bonchev–Trinajstić information content (AvgIpc) is 2.99. The molecule has 27 heavy (non-hydrogen) atoms. The minimum atomic E-state index is -1.15. The molecular formula is C21H23ClNO4+. The van der Waals surface area contributed by atoms with Gasteiger partial charge >= 0.3 is 12.2 Å². The molecule has 1 aliphatic heterocycles. The summed E-state index contributed by atoms with van der Waals surface area (Å²) in [4.78, 5) is 24.9. The molecule has 6 heteroatoms. The van der Waals surface area contributed by atoms with Crippen LogP contribution >= 0.6 is 11.6 Å². The Balaban J connectivity index is 1.72. The van der Waals surface area contributed by atoms with Gasteiger partial charge in [0.05, 0.1) is 0 Å². The third-order valence-electron chi connectivity index (χ3n) is 5.28. The highest BCUT2D eigenvalue weighted by atomic mass is 35.5. The molecule has 1 N–H and O–H groups in total. The highest BCUT2D eigenvalue weighted by molar-refractivity contribution is 6.30. The Hall–Kier alpha value is -2.37. The fraction of sp³-hybridized carbons (Fsp3) is 0.333. The summed E-state index contributed by atoms with van der Waals surface area (Å²) in [6.45, 7) is 2.11. The van der Waals surface area contributed by atoms with Crippen molar-refractivity contribution in [2.24, 2.45) is 5.92 Å². The SMILES string of the molecule is C[C@@H]1C[C@@H](Cc2ccc(Cl)cc2)C[N@+]1(C(=O)O)C(=O)OCc1ccccc1. The van der Waals surface area contributed by atoms with E-state index in [-0.39, 0.29) is 25.1 Å². The Morgan fingerprint density at radius 2 is 1.78 bits per heavy atom. The maximum Gasteiger partial charge on any atom is 0.527 e. The lowest BCUT2D eigenvalue weighted by molar-refractivity contribution is -0.797. The van der Waals surface area contributed by atoms with Crippen molar-refractivity contribution in [1.29, 1.82) is 0 Å². The van der Waals surface area contributed by atoms with Crippen LogP contribution in [0.2, 0.25) is 5.02 Å². The molecule has 1 fully saturated rings. The smallest absolute Gasteiger partial charge is 0.435 e. The minimum Gasteiger partial charge on any atom is -0.435 e. The van der Waals surface area contributed by atoms with Crippen LogP contribution in [0.4, 0.5) is 9.59 Å². The number of rotatable bonds is 4. The number of benzene rings is 2. The number of carboxylic acid groups (broad SMARTS) is 1. The van der Waals surface area contributed by atoms with Gasteiger partial charge in [0, 0.05) is 17.4 Å². The van der Waals surface area contributed by atoms with Gasteiger partial charge in [-0.15, -0.1) is 4.48 Å². The number of ether oxygens (including phenoxy) is 1. The molecule has 0 aromatic heterocycles. The first kappa shape index (κ1) is 19.4. The van der Waals surface area contributed by atoms with Crippen LogP contribution in [-0.2, 0) is 17.8 Å². The topological polar surface area (TPSA) is 63.6 Å². The first-order valence-electron chi connectivity index (χ1n) is 8.98. The predicted octanol–water partition coefficient (Wildman–Crippen LogP) is 5.12. The zero-order valence-corrected chi connectivity index (χ0v) is 15.9. The van der Waals surface area contributed by atoms with E-state index in [9.17, 15) is 14.7 Å². The number of hydrogen-bond donors (Lipinski definition) is 1. The maximum atomic E-state index is 12.8. The molecule has 2 aromatic rings. The molecule has 0 radical (unpaired) electrons. The molecule has 1 saturated heterocycles. The second kappa shape index (κ2) is 8.11. The van der Waals surface area contributed by atoms with Crippen molar-refractivity contribution in [3.63, 3.8) is 0 Å². The van der Waals surface area contributed by atoms with Gasteiger partial charge in [-0.25, -0.2) is 0 Å². The summed E-state index contributed by atoms with van der Waals surface area (Å²) < 4.78 is 4.72. The Bertz CT molecular complexity index is 809. The number of quaternary nitrogens is 1. The largest absolute Gasteiger partial charge is 0.527 e. The van der Waals surface area contributed by atoms with Crippen LogP contribution in [0.1, 0.15) is 24.5 Å². The molecule has 0 aliphatic carbocycles. The summed E-state index contributed by atoms with van der Waals surface area (Å²) in [7, 11) is 0. The highest BCUT2D eigenvalue weighted by Gasteiger charge is 2.58. The molecule has 0 spiro atoms. The van der Waals surface area contributed by atoms with Crippen molar-refractivity contribution >= 4 is 23.8 Å². The van der Waals surface area contributed by atoms with E-state index in [2.05, 4.69) is 0 Å². The molecule has 3 rings (SSSR count). The monoisotopic (exact) mass is 388 g/mol. The van der Waals surface area contributed by atoms with E-state index < -0.39 is 16.7 Å². The van der Waals surface area contributed by atoms with Gasteiger partial charge in [0.25, 0.3) is 0 Å². The lowest BCUT2D eigenvalue weighted by Crippen LogP contribution is -2.59. The number of carbonyl (C=O) groups is 2. The fourth-order valence-electron chi connectivity index (χ4n) is 3.86. The lowest BCUT2D eigenvalue weighted by atomic mass is 9.97. The number of nitrogens with zero attached hydrogens (tertiary/aromatic N) is 1. The lowest BCUT2D eigenvalue weighted by Gasteiger charge is -2.28. The Kier molecular flexibility index (Phi) is 5.82. The van der Waals surface area contributed by atoms with Crippen LogP contribution in [0.25, 0.3) is 0 Å². The Morgan fingerprint density at radius 3 is 2.41 bits per heavy atom. The summed E-state index contributed by atoms with van der Waals surface area (Å²) in [6.07, 6.45) is -0.493. The van der Waals surface area contributed by atoms with Crippen molar-refractivity contribution in [3.05, 3.63) is 70.7 Å². The minimum absolute atomic E-state index is 0.0710. The van der Waals surface area contributed by atoms with Gasteiger partial charge in [-0.3, -0.25) is 0 Å². The first-order valence-corrected chi connectivity index (χ1v) is 9.36. The van der Waals surface area contributed by atoms with E-state index in [1.807, 2.05) is 54.6 Å². The third kappa shape index (κ3) is 4.15. The van der Waals surface area contributed by atoms with Gasteiger partial charge in [0.2, 0.25) is 0 Å². The zero-order chi connectivity index (χ0) is 19.4. The second-order valence-electron chi connectivity index (χ2n) is 7.16. The molecule has 2 aromatic carbocycles. The van der Waals surface area contributed by atoms with Crippen molar-refractivity contribution in [3.8, 4) is 0 Å². The third-order valence-corrected chi connectivity index (χ3v) is 5.53. The summed E-state index contributed by atoms with van der Waals surface area (Å²) >= 11 is 5.92. The van der Waals surface area contributed by atoms with Gasteiger partial charge in [0.1, 0.15) is 19.2 Å². The van der Waals surface area contributed by atoms with Crippen LogP contribution in [0.3, 0.4) is 0 Å². The van der Waals surface area contributed by atoms with Crippen LogP contribution in [-0.4, -0.2) is 34.4 Å². The first-order chi connectivity index (χ1) is 12.9. The van der Waals surface area contributed by atoms with E-state index in [1.165, 1.54) is 0 Å². The zero-order valence-electron chi connectivity index (χ0n) is 15.2. The van der Waals surface area contributed by atoms with E-state index in [1.54, 1.807) is 6.92 Å². The van der Waals surface area contributed by atoms with Gasteiger partial charge < -0.3 is 9.84 Å². The molecule has 0 bridgehead atoms. The van der Waals surface area contributed by atoms with Crippen molar-refractivity contribution < 1.29 is 23.9 Å². The summed E-state index contributed by atoms with van der Waals surface area (Å²) in [5.41, 5.74) is 1.92. The predicted molar refractivity (Wildman–Crippen MR) is 103 cm³/mol. The molecule has 2 amide bonds. The van der Waals surface area contributed by atoms with Crippen LogP contribution in [0, 0.1) is 5.92 Å². The number of imide groups is 1. The molecule has 3 atom stereocenters. The number of carbonyl (C=O) groups excluding carboxylic acids is 1. The fourth-order valence-corrected chi connectivity index (χ4v) is 3.99. The normalized spacial score (nSPS) is 24.5. The van der Waals surface area contributed by atoms with Crippen LogP contribution in [0.5, 0.6) is 0 Å². The number of halogens is 1. The molecule has 0 saturated carbocycles. The van der Waals surface area contributed by atoms with E-state index in [0.717, 1.165) is 11.1 Å². The van der Waals surface area contributed by atoms with E-state index in [4.69, 9.17) is 16.3 Å². The van der Waals surface area contributed by atoms with Gasteiger partial charge in [0.15, 0.2) is 0 Å². The molecular weight excluding hydrogens is 366 g/mol. The molecule has 1 heterocycles. The van der Waals surface area contributed by atoms with Crippen molar-refractivity contribution in [2.75, 3.05) is 6.54 Å². The Labute approximate surface area is 163 Å². The average molecular weight is 389 g/mol. The summed E-state index contributed by atoms with van der Waals surface area (Å²) in [6, 6.07) is 16.4. The van der Waals surface area contributed by atoms with Crippen molar-refractivity contribution in [1.82, 2.24) is 0 Å². The van der Waals surface area contributed by atoms with Crippen LogP contribution in [0.15, 0.2) is 54.6 Å². The molecule has 0 unspecified atom stereocenters.